The van der Waals surface area contributed by atoms with Gasteiger partial charge in [0.1, 0.15) is 0 Å². The van der Waals surface area contributed by atoms with Crippen LogP contribution < -0.4 is 5.32 Å². The molecule has 0 spiro atoms. The van der Waals surface area contributed by atoms with Crippen LogP contribution in [0, 0.1) is 0 Å². The van der Waals surface area contributed by atoms with Crippen molar-refractivity contribution in [2.45, 2.75) is 19.3 Å². The first-order valence-corrected chi connectivity index (χ1v) is 6.56. The first kappa shape index (κ1) is 13.6. The van der Waals surface area contributed by atoms with Crippen molar-refractivity contribution in [2.75, 3.05) is 5.32 Å². The molecule has 1 aromatic carbocycles. The highest BCUT2D eigenvalue weighted by molar-refractivity contribution is 6.33. The molecule has 0 fully saturated rings. The van der Waals surface area contributed by atoms with Crippen LogP contribution >= 0.6 is 11.6 Å². The van der Waals surface area contributed by atoms with Crippen molar-refractivity contribution < 1.29 is 4.79 Å². The van der Waals surface area contributed by atoms with E-state index in [-0.39, 0.29) is 11.8 Å². The molecular formula is C15H15ClN2O. The summed E-state index contributed by atoms with van der Waals surface area (Å²) in [6.07, 6.45) is 2.32. The summed E-state index contributed by atoms with van der Waals surface area (Å²) >= 11 is 5.98. The number of aromatic nitrogens is 1. The molecule has 1 amide bonds. The van der Waals surface area contributed by atoms with Gasteiger partial charge in [0.2, 0.25) is 5.91 Å². The minimum Gasteiger partial charge on any atom is -0.309 e. The smallest absolute Gasteiger partial charge is 0.233 e. The summed E-state index contributed by atoms with van der Waals surface area (Å²) in [5.41, 5.74) is 0.995. The van der Waals surface area contributed by atoms with E-state index in [9.17, 15) is 4.79 Å². The van der Waals surface area contributed by atoms with Crippen molar-refractivity contribution in [3.8, 4) is 0 Å². The topological polar surface area (TPSA) is 42.0 Å². The summed E-state index contributed by atoms with van der Waals surface area (Å²) in [7, 11) is 0. The monoisotopic (exact) mass is 274 g/mol. The third-order valence-corrected chi connectivity index (χ3v) is 3.23. The van der Waals surface area contributed by atoms with Crippen LogP contribution in [-0.2, 0) is 4.79 Å². The van der Waals surface area contributed by atoms with E-state index in [2.05, 4.69) is 10.3 Å². The number of carbonyl (C=O) groups excluding carboxylic acids is 1. The SMILES string of the molecule is CCC(C(=O)Nc1ncccc1Cl)c1ccccc1. The number of hydrogen-bond donors (Lipinski definition) is 1. The number of nitrogens with one attached hydrogen (secondary N) is 1. The summed E-state index contributed by atoms with van der Waals surface area (Å²) in [4.78, 5) is 16.4. The summed E-state index contributed by atoms with van der Waals surface area (Å²) in [6, 6.07) is 13.1. The van der Waals surface area contributed by atoms with Crippen LogP contribution in [0.5, 0.6) is 0 Å². The molecular weight excluding hydrogens is 260 g/mol. The lowest BCUT2D eigenvalue weighted by Gasteiger charge is -2.15. The van der Waals surface area contributed by atoms with Gasteiger partial charge in [-0.25, -0.2) is 4.98 Å². The van der Waals surface area contributed by atoms with Crippen molar-refractivity contribution >= 4 is 23.3 Å². The quantitative estimate of drug-likeness (QED) is 0.920. The number of anilines is 1. The lowest BCUT2D eigenvalue weighted by atomic mass is 9.96. The summed E-state index contributed by atoms with van der Waals surface area (Å²) in [6.45, 7) is 1.98. The van der Waals surface area contributed by atoms with Gasteiger partial charge < -0.3 is 5.32 Å². The maximum Gasteiger partial charge on any atom is 0.233 e. The van der Waals surface area contributed by atoms with Crippen molar-refractivity contribution in [3.63, 3.8) is 0 Å². The van der Waals surface area contributed by atoms with Crippen molar-refractivity contribution in [1.29, 1.82) is 0 Å². The molecule has 2 rings (SSSR count). The predicted octanol–water partition coefficient (Wildman–Crippen LogP) is 3.87. The van der Waals surface area contributed by atoms with Gasteiger partial charge in [-0.1, -0.05) is 48.9 Å². The molecule has 0 aliphatic heterocycles. The van der Waals surface area contributed by atoms with Gasteiger partial charge in [0, 0.05) is 6.20 Å². The second-order valence-electron chi connectivity index (χ2n) is 4.19. The van der Waals surface area contributed by atoms with E-state index in [4.69, 9.17) is 11.6 Å². The second kappa shape index (κ2) is 6.34. The van der Waals surface area contributed by atoms with Crippen LogP contribution in [0.2, 0.25) is 5.02 Å². The molecule has 0 radical (unpaired) electrons. The van der Waals surface area contributed by atoms with Crippen molar-refractivity contribution in [2.24, 2.45) is 0 Å². The average molecular weight is 275 g/mol. The van der Waals surface area contributed by atoms with E-state index in [0.717, 1.165) is 12.0 Å². The number of nitrogens with zero attached hydrogens (tertiary/aromatic N) is 1. The summed E-state index contributed by atoms with van der Waals surface area (Å²) in [5, 5.41) is 3.22. The number of carbonyl (C=O) groups is 1. The van der Waals surface area contributed by atoms with Gasteiger partial charge in [-0.3, -0.25) is 4.79 Å². The molecule has 2 aromatic rings. The van der Waals surface area contributed by atoms with E-state index >= 15 is 0 Å². The molecule has 0 aliphatic carbocycles. The Morgan fingerprint density at radius 2 is 2.00 bits per heavy atom. The molecule has 0 aliphatic rings. The zero-order chi connectivity index (χ0) is 13.7. The van der Waals surface area contributed by atoms with Gasteiger partial charge in [0.25, 0.3) is 0 Å². The fraction of sp³-hybridized carbons (Fsp3) is 0.200. The van der Waals surface area contributed by atoms with Crippen molar-refractivity contribution in [3.05, 3.63) is 59.2 Å². The molecule has 0 saturated carbocycles. The molecule has 4 heteroatoms. The van der Waals surface area contributed by atoms with Crippen LogP contribution in [0.3, 0.4) is 0 Å². The second-order valence-corrected chi connectivity index (χ2v) is 4.60. The summed E-state index contributed by atoms with van der Waals surface area (Å²) in [5.74, 6) is 0.122. The van der Waals surface area contributed by atoms with Gasteiger partial charge in [-0.05, 0) is 24.1 Å². The number of rotatable bonds is 4. The zero-order valence-corrected chi connectivity index (χ0v) is 11.4. The molecule has 1 aromatic heterocycles. The number of halogens is 1. The molecule has 1 unspecified atom stereocenters. The highest BCUT2D eigenvalue weighted by atomic mass is 35.5. The number of hydrogen-bond acceptors (Lipinski definition) is 2. The third kappa shape index (κ3) is 3.32. The van der Waals surface area contributed by atoms with E-state index in [1.54, 1.807) is 18.3 Å². The predicted molar refractivity (Wildman–Crippen MR) is 77.4 cm³/mol. The molecule has 19 heavy (non-hydrogen) atoms. The van der Waals surface area contributed by atoms with Crippen LogP contribution in [0.25, 0.3) is 0 Å². The first-order chi connectivity index (χ1) is 9.22. The Hall–Kier alpha value is -1.87. The zero-order valence-electron chi connectivity index (χ0n) is 10.6. The number of benzene rings is 1. The third-order valence-electron chi connectivity index (χ3n) is 2.93. The highest BCUT2D eigenvalue weighted by Crippen LogP contribution is 2.23. The highest BCUT2D eigenvalue weighted by Gasteiger charge is 2.19. The molecule has 0 bridgehead atoms. The van der Waals surface area contributed by atoms with E-state index < -0.39 is 0 Å². The lowest BCUT2D eigenvalue weighted by Crippen LogP contribution is -2.21. The van der Waals surface area contributed by atoms with Gasteiger partial charge in [-0.15, -0.1) is 0 Å². The Morgan fingerprint density at radius 3 is 2.63 bits per heavy atom. The molecule has 1 N–H and O–H groups in total. The molecule has 1 heterocycles. The maximum atomic E-state index is 12.3. The minimum atomic E-state index is -0.195. The van der Waals surface area contributed by atoms with Crippen molar-refractivity contribution in [1.82, 2.24) is 4.98 Å². The fourth-order valence-corrected chi connectivity index (χ4v) is 2.11. The van der Waals surface area contributed by atoms with Gasteiger partial charge >= 0.3 is 0 Å². The van der Waals surface area contributed by atoms with Gasteiger partial charge in [-0.2, -0.15) is 0 Å². The van der Waals surface area contributed by atoms with Crippen LogP contribution in [0.1, 0.15) is 24.8 Å². The van der Waals surface area contributed by atoms with Crippen LogP contribution in [0.4, 0.5) is 5.82 Å². The Labute approximate surface area is 117 Å². The van der Waals surface area contributed by atoms with Crippen LogP contribution in [0.15, 0.2) is 48.7 Å². The van der Waals surface area contributed by atoms with Gasteiger partial charge in [0.05, 0.1) is 10.9 Å². The number of pyridine rings is 1. The lowest BCUT2D eigenvalue weighted by molar-refractivity contribution is -0.117. The van der Waals surface area contributed by atoms with E-state index in [1.807, 2.05) is 37.3 Å². The Bertz CT molecular complexity index is 557. The molecule has 1 atom stereocenters. The Kier molecular flexibility index (Phi) is 4.53. The molecule has 0 saturated heterocycles. The van der Waals surface area contributed by atoms with E-state index in [0.29, 0.717) is 10.8 Å². The minimum absolute atomic E-state index is 0.0886. The maximum absolute atomic E-state index is 12.3. The largest absolute Gasteiger partial charge is 0.309 e. The molecule has 3 nitrogen and oxygen atoms in total. The average Bonchev–Trinajstić information content (AvgIpc) is 2.43. The summed E-state index contributed by atoms with van der Waals surface area (Å²) < 4.78 is 0. The first-order valence-electron chi connectivity index (χ1n) is 6.18. The van der Waals surface area contributed by atoms with Gasteiger partial charge in [0.15, 0.2) is 5.82 Å². The Balaban J connectivity index is 2.17. The normalized spacial score (nSPS) is 11.9. The molecule has 98 valence electrons. The standard InChI is InChI=1S/C15H15ClN2O/c1-2-12(11-7-4-3-5-8-11)15(19)18-14-13(16)9-6-10-17-14/h3-10,12H,2H2,1H3,(H,17,18,19). The fourth-order valence-electron chi connectivity index (χ4n) is 1.94. The van der Waals surface area contributed by atoms with Crippen LogP contribution in [-0.4, -0.2) is 10.9 Å². The number of amides is 1. The van der Waals surface area contributed by atoms with E-state index in [1.165, 1.54) is 0 Å². The Morgan fingerprint density at radius 1 is 1.26 bits per heavy atom.